The zero-order valence-electron chi connectivity index (χ0n) is 10.6. The summed E-state index contributed by atoms with van der Waals surface area (Å²) in [5.41, 5.74) is 2.35. The summed E-state index contributed by atoms with van der Waals surface area (Å²) in [6, 6.07) is 10.8. The van der Waals surface area contributed by atoms with Gasteiger partial charge in [-0.3, -0.25) is 0 Å². The van der Waals surface area contributed by atoms with E-state index >= 15 is 0 Å². The summed E-state index contributed by atoms with van der Waals surface area (Å²) in [6.45, 7) is 1.72. The van der Waals surface area contributed by atoms with Crippen molar-refractivity contribution in [3.05, 3.63) is 63.9 Å². The van der Waals surface area contributed by atoms with E-state index in [9.17, 15) is 4.39 Å². The first-order chi connectivity index (χ1) is 9.04. The topological polar surface area (TPSA) is 9.23 Å². The van der Waals surface area contributed by atoms with Crippen molar-refractivity contribution in [2.75, 3.05) is 7.11 Å². The first kappa shape index (κ1) is 14.4. The second kappa shape index (κ2) is 5.93. The second-order valence-corrected chi connectivity index (χ2v) is 5.55. The number of para-hydroxylation sites is 1. The molecule has 0 fully saturated rings. The fourth-order valence-electron chi connectivity index (χ4n) is 1.92. The van der Waals surface area contributed by atoms with Gasteiger partial charge in [-0.2, -0.15) is 0 Å². The minimum absolute atomic E-state index is 0.143. The highest BCUT2D eigenvalue weighted by atomic mass is 79.9. The van der Waals surface area contributed by atoms with Gasteiger partial charge in [0.05, 0.1) is 11.9 Å². The van der Waals surface area contributed by atoms with Crippen LogP contribution in [0.4, 0.5) is 4.39 Å². The Morgan fingerprint density at radius 2 is 1.89 bits per heavy atom. The van der Waals surface area contributed by atoms with Crippen molar-refractivity contribution in [2.45, 2.75) is 11.8 Å². The van der Waals surface area contributed by atoms with E-state index in [2.05, 4.69) is 15.9 Å². The molecule has 0 amide bonds. The third kappa shape index (κ3) is 2.93. The molecule has 2 rings (SSSR count). The number of ether oxygens (including phenoxy) is 1. The molecular formula is C15H13BrClFO. The summed E-state index contributed by atoms with van der Waals surface area (Å²) < 4.78 is 18.8. The van der Waals surface area contributed by atoms with Crippen molar-refractivity contribution in [3.63, 3.8) is 0 Å². The van der Waals surface area contributed by atoms with E-state index in [4.69, 9.17) is 16.3 Å². The number of halogens is 3. The summed E-state index contributed by atoms with van der Waals surface area (Å²) in [5.74, 6) is 0.468. The molecule has 0 bridgehead atoms. The Kier molecular flexibility index (Phi) is 4.48. The molecule has 0 saturated heterocycles. The average Bonchev–Trinajstić information content (AvgIpc) is 2.42. The molecule has 0 N–H and O–H groups in total. The highest BCUT2D eigenvalue weighted by Crippen LogP contribution is 2.40. The molecule has 0 heterocycles. The van der Waals surface area contributed by atoms with Gasteiger partial charge >= 0.3 is 0 Å². The number of hydrogen-bond donors (Lipinski definition) is 0. The molecule has 2 aromatic carbocycles. The lowest BCUT2D eigenvalue weighted by Gasteiger charge is -2.16. The van der Waals surface area contributed by atoms with Crippen LogP contribution in [0.2, 0.25) is 5.02 Å². The minimum atomic E-state index is -0.298. The first-order valence-electron chi connectivity index (χ1n) is 5.77. The standard InChI is InChI=1S/C15H13BrClFO/c1-9-7-11(12(17)8-13(9)18)15(16)10-5-3-4-6-14(10)19-2/h3-8,15H,1-2H3. The maximum atomic E-state index is 13.4. The van der Waals surface area contributed by atoms with Gasteiger partial charge in [-0.15, -0.1) is 0 Å². The highest BCUT2D eigenvalue weighted by Gasteiger charge is 2.18. The Morgan fingerprint density at radius 3 is 2.58 bits per heavy atom. The normalized spacial score (nSPS) is 12.3. The number of methoxy groups -OCH3 is 1. The van der Waals surface area contributed by atoms with Gasteiger partial charge in [0, 0.05) is 10.6 Å². The van der Waals surface area contributed by atoms with Crippen LogP contribution in [0.3, 0.4) is 0 Å². The van der Waals surface area contributed by atoms with Crippen molar-refractivity contribution in [1.82, 2.24) is 0 Å². The lowest BCUT2D eigenvalue weighted by atomic mass is 10.0. The third-order valence-corrected chi connectivity index (χ3v) is 4.28. The average molecular weight is 344 g/mol. The molecule has 100 valence electrons. The van der Waals surface area contributed by atoms with E-state index in [0.29, 0.717) is 10.6 Å². The highest BCUT2D eigenvalue weighted by molar-refractivity contribution is 9.09. The van der Waals surface area contributed by atoms with E-state index < -0.39 is 0 Å². The number of hydrogen-bond acceptors (Lipinski definition) is 1. The SMILES string of the molecule is COc1ccccc1C(Br)c1cc(C)c(F)cc1Cl. The quantitative estimate of drug-likeness (QED) is 0.689. The maximum absolute atomic E-state index is 13.4. The van der Waals surface area contributed by atoms with Gasteiger partial charge in [-0.25, -0.2) is 4.39 Å². The molecule has 19 heavy (non-hydrogen) atoms. The number of aryl methyl sites for hydroxylation is 1. The van der Waals surface area contributed by atoms with Crippen LogP contribution in [-0.2, 0) is 0 Å². The first-order valence-corrected chi connectivity index (χ1v) is 7.06. The van der Waals surface area contributed by atoms with Gasteiger partial charge in [-0.1, -0.05) is 51.8 Å². The Bertz CT molecular complexity index is 601. The summed E-state index contributed by atoms with van der Waals surface area (Å²) in [6.07, 6.45) is 0. The number of rotatable bonds is 3. The van der Waals surface area contributed by atoms with Gasteiger partial charge in [0.1, 0.15) is 11.6 Å². The number of alkyl halides is 1. The summed E-state index contributed by atoms with van der Waals surface area (Å²) >= 11 is 9.74. The van der Waals surface area contributed by atoms with Crippen molar-refractivity contribution < 1.29 is 9.13 Å². The number of benzene rings is 2. The van der Waals surface area contributed by atoms with Crippen molar-refractivity contribution in [1.29, 1.82) is 0 Å². The molecule has 0 radical (unpaired) electrons. The van der Waals surface area contributed by atoms with Crippen LogP contribution in [0, 0.1) is 12.7 Å². The second-order valence-electron chi connectivity index (χ2n) is 4.23. The largest absolute Gasteiger partial charge is 0.496 e. The maximum Gasteiger partial charge on any atom is 0.127 e. The lowest BCUT2D eigenvalue weighted by molar-refractivity contribution is 0.410. The van der Waals surface area contributed by atoms with Crippen LogP contribution in [0.5, 0.6) is 5.75 Å². The Balaban J connectivity index is 2.50. The Hall–Kier alpha value is -1.06. The van der Waals surface area contributed by atoms with E-state index in [0.717, 1.165) is 16.9 Å². The molecule has 0 spiro atoms. The van der Waals surface area contributed by atoms with E-state index in [1.165, 1.54) is 6.07 Å². The summed E-state index contributed by atoms with van der Waals surface area (Å²) in [7, 11) is 1.62. The van der Waals surface area contributed by atoms with Crippen LogP contribution < -0.4 is 4.74 Å². The van der Waals surface area contributed by atoms with Crippen LogP contribution >= 0.6 is 27.5 Å². The molecule has 1 nitrogen and oxygen atoms in total. The van der Waals surface area contributed by atoms with Crippen LogP contribution in [-0.4, -0.2) is 7.11 Å². The van der Waals surface area contributed by atoms with Gasteiger partial charge in [-0.05, 0) is 30.2 Å². The van der Waals surface area contributed by atoms with Crippen molar-refractivity contribution >= 4 is 27.5 Å². The molecule has 4 heteroatoms. The molecule has 0 aromatic heterocycles. The predicted octanol–water partition coefficient (Wildman–Crippen LogP) is 5.28. The molecule has 1 atom stereocenters. The smallest absolute Gasteiger partial charge is 0.127 e. The van der Waals surface area contributed by atoms with Crippen LogP contribution in [0.25, 0.3) is 0 Å². The minimum Gasteiger partial charge on any atom is -0.496 e. The molecule has 0 saturated carbocycles. The van der Waals surface area contributed by atoms with Gasteiger partial charge in [0.2, 0.25) is 0 Å². The summed E-state index contributed by atoms with van der Waals surface area (Å²) in [4.78, 5) is -0.143. The third-order valence-electron chi connectivity index (χ3n) is 2.96. The predicted molar refractivity (Wildman–Crippen MR) is 79.9 cm³/mol. The monoisotopic (exact) mass is 342 g/mol. The van der Waals surface area contributed by atoms with E-state index in [-0.39, 0.29) is 10.6 Å². The Morgan fingerprint density at radius 1 is 1.21 bits per heavy atom. The van der Waals surface area contributed by atoms with Gasteiger partial charge in [0.25, 0.3) is 0 Å². The molecule has 0 aliphatic rings. The summed E-state index contributed by atoms with van der Waals surface area (Å²) in [5, 5.41) is 0.399. The molecular weight excluding hydrogens is 331 g/mol. The molecule has 1 unspecified atom stereocenters. The van der Waals surface area contributed by atoms with Crippen molar-refractivity contribution in [2.24, 2.45) is 0 Å². The Labute approximate surface area is 125 Å². The lowest BCUT2D eigenvalue weighted by Crippen LogP contribution is -1.99. The molecule has 0 aliphatic carbocycles. The van der Waals surface area contributed by atoms with Gasteiger partial charge < -0.3 is 4.74 Å². The molecule has 2 aromatic rings. The molecule has 0 aliphatic heterocycles. The van der Waals surface area contributed by atoms with E-state index in [1.807, 2.05) is 24.3 Å². The van der Waals surface area contributed by atoms with Crippen LogP contribution in [0.1, 0.15) is 21.5 Å². The van der Waals surface area contributed by atoms with Crippen LogP contribution in [0.15, 0.2) is 36.4 Å². The zero-order valence-corrected chi connectivity index (χ0v) is 12.9. The van der Waals surface area contributed by atoms with E-state index in [1.54, 1.807) is 20.1 Å². The van der Waals surface area contributed by atoms with Crippen molar-refractivity contribution in [3.8, 4) is 5.75 Å². The fourth-order valence-corrected chi connectivity index (χ4v) is 3.07. The zero-order chi connectivity index (χ0) is 14.0. The van der Waals surface area contributed by atoms with Gasteiger partial charge in [0.15, 0.2) is 0 Å². The fraction of sp³-hybridized carbons (Fsp3) is 0.200.